The van der Waals surface area contributed by atoms with Crippen molar-refractivity contribution in [2.24, 2.45) is 0 Å². The van der Waals surface area contributed by atoms with Gasteiger partial charge in [-0.1, -0.05) is 6.07 Å². The van der Waals surface area contributed by atoms with Gasteiger partial charge in [0.05, 0.1) is 16.9 Å². The molecular weight excluding hydrogens is 274 g/mol. The van der Waals surface area contributed by atoms with Crippen LogP contribution in [0.15, 0.2) is 36.4 Å². The molecule has 2 aromatic rings. The minimum atomic E-state index is -1.14. The van der Waals surface area contributed by atoms with Gasteiger partial charge in [0, 0.05) is 11.6 Å². The Hall–Kier alpha value is -2.43. The fraction of sp³-hybridized carbons (Fsp3) is 0.188. The van der Waals surface area contributed by atoms with Crippen LogP contribution >= 0.6 is 0 Å². The fourth-order valence-electron chi connectivity index (χ4n) is 1.97. The second kappa shape index (κ2) is 5.91. The monoisotopic (exact) mass is 290 g/mol. The number of hydrogen-bond acceptors (Lipinski definition) is 3. The maximum atomic E-state index is 13.7. The summed E-state index contributed by atoms with van der Waals surface area (Å²) in [6.45, 7) is 3.86. The molecule has 3 nitrogen and oxygen atoms in total. The molecule has 0 radical (unpaired) electrons. The van der Waals surface area contributed by atoms with Crippen molar-refractivity contribution in [3.05, 3.63) is 59.2 Å². The summed E-state index contributed by atoms with van der Waals surface area (Å²) < 4.78 is 26.9. The van der Waals surface area contributed by atoms with E-state index in [0.717, 1.165) is 6.07 Å². The van der Waals surface area contributed by atoms with Crippen LogP contribution in [0, 0.1) is 11.6 Å². The topological polar surface area (TPSA) is 55.1 Å². The molecule has 110 valence electrons. The maximum Gasteiger partial charge on any atom is 0.196 e. The molecule has 0 amide bonds. The highest BCUT2D eigenvalue weighted by Gasteiger charge is 2.17. The summed E-state index contributed by atoms with van der Waals surface area (Å²) in [5, 5.41) is 3.10. The van der Waals surface area contributed by atoms with Crippen LogP contribution in [-0.2, 0) is 0 Å². The number of carbonyl (C=O) groups excluding carboxylic acids is 1. The number of nitrogens with two attached hydrogens (primary N) is 1. The molecule has 0 aliphatic rings. The van der Waals surface area contributed by atoms with Crippen LogP contribution in [0.4, 0.5) is 20.2 Å². The largest absolute Gasteiger partial charge is 0.397 e. The third-order valence-electron chi connectivity index (χ3n) is 2.96. The summed E-state index contributed by atoms with van der Waals surface area (Å²) in [7, 11) is 0. The second-order valence-corrected chi connectivity index (χ2v) is 5.03. The summed E-state index contributed by atoms with van der Waals surface area (Å²) in [6.07, 6.45) is 0. The number of benzene rings is 2. The molecule has 2 rings (SSSR count). The molecule has 0 spiro atoms. The molecule has 0 aromatic heterocycles. The summed E-state index contributed by atoms with van der Waals surface area (Å²) in [4.78, 5) is 12.3. The van der Waals surface area contributed by atoms with E-state index in [2.05, 4.69) is 5.32 Å². The molecule has 0 saturated carbocycles. The summed E-state index contributed by atoms with van der Waals surface area (Å²) in [6, 6.07) is 8.26. The number of carbonyl (C=O) groups is 1. The van der Waals surface area contributed by atoms with Gasteiger partial charge in [-0.25, -0.2) is 8.78 Å². The summed E-state index contributed by atoms with van der Waals surface area (Å²) >= 11 is 0. The molecule has 0 bridgehead atoms. The molecule has 0 aliphatic heterocycles. The Morgan fingerprint density at radius 2 is 1.90 bits per heavy atom. The molecule has 0 heterocycles. The van der Waals surface area contributed by atoms with E-state index in [9.17, 15) is 13.6 Å². The molecule has 0 fully saturated rings. The lowest BCUT2D eigenvalue weighted by Gasteiger charge is -2.14. The highest BCUT2D eigenvalue weighted by Crippen LogP contribution is 2.23. The smallest absolute Gasteiger partial charge is 0.196 e. The van der Waals surface area contributed by atoms with E-state index in [1.54, 1.807) is 12.1 Å². The first-order chi connectivity index (χ1) is 9.90. The quantitative estimate of drug-likeness (QED) is 0.668. The Kier molecular flexibility index (Phi) is 4.21. The minimum Gasteiger partial charge on any atom is -0.397 e. The third kappa shape index (κ3) is 3.18. The highest BCUT2D eigenvalue weighted by atomic mass is 19.2. The van der Waals surface area contributed by atoms with Crippen molar-refractivity contribution < 1.29 is 13.6 Å². The maximum absolute atomic E-state index is 13.7. The lowest BCUT2D eigenvalue weighted by Crippen LogP contribution is -2.13. The van der Waals surface area contributed by atoms with Crippen LogP contribution in [0.2, 0.25) is 0 Å². The van der Waals surface area contributed by atoms with E-state index in [0.29, 0.717) is 11.4 Å². The van der Waals surface area contributed by atoms with Gasteiger partial charge in [0.15, 0.2) is 17.4 Å². The van der Waals surface area contributed by atoms with Gasteiger partial charge >= 0.3 is 0 Å². The van der Waals surface area contributed by atoms with Crippen molar-refractivity contribution in [1.29, 1.82) is 0 Å². The van der Waals surface area contributed by atoms with Crippen LogP contribution in [0.3, 0.4) is 0 Å². The zero-order valence-corrected chi connectivity index (χ0v) is 11.8. The molecule has 0 aliphatic carbocycles. The average Bonchev–Trinajstić information content (AvgIpc) is 2.43. The number of nitrogen functional groups attached to an aromatic ring is 1. The second-order valence-electron chi connectivity index (χ2n) is 5.03. The van der Waals surface area contributed by atoms with Gasteiger partial charge in [0.25, 0.3) is 0 Å². The van der Waals surface area contributed by atoms with E-state index in [1.165, 1.54) is 18.2 Å². The summed E-state index contributed by atoms with van der Waals surface area (Å²) in [5.74, 6) is -2.77. The van der Waals surface area contributed by atoms with E-state index in [-0.39, 0.29) is 17.2 Å². The van der Waals surface area contributed by atoms with Crippen LogP contribution in [0.5, 0.6) is 0 Å². The van der Waals surface area contributed by atoms with Gasteiger partial charge < -0.3 is 11.1 Å². The zero-order valence-electron chi connectivity index (χ0n) is 11.8. The Balaban J connectivity index is 2.42. The molecule has 21 heavy (non-hydrogen) atoms. The Labute approximate surface area is 121 Å². The van der Waals surface area contributed by atoms with Crippen molar-refractivity contribution in [1.82, 2.24) is 0 Å². The first-order valence-electron chi connectivity index (χ1n) is 6.55. The van der Waals surface area contributed by atoms with Crippen LogP contribution in [0.25, 0.3) is 0 Å². The van der Waals surface area contributed by atoms with Gasteiger partial charge in [-0.2, -0.15) is 0 Å². The van der Waals surface area contributed by atoms with Crippen LogP contribution in [-0.4, -0.2) is 11.8 Å². The van der Waals surface area contributed by atoms with Crippen molar-refractivity contribution in [2.75, 3.05) is 11.1 Å². The van der Waals surface area contributed by atoms with E-state index < -0.39 is 17.4 Å². The van der Waals surface area contributed by atoms with Gasteiger partial charge in [0.2, 0.25) is 0 Å². The number of nitrogens with one attached hydrogen (secondary N) is 1. The lowest BCUT2D eigenvalue weighted by molar-refractivity contribution is 0.103. The number of anilines is 2. The molecule has 0 atom stereocenters. The molecule has 3 N–H and O–H groups in total. The highest BCUT2D eigenvalue weighted by molar-refractivity contribution is 6.10. The first-order valence-corrected chi connectivity index (χ1v) is 6.55. The van der Waals surface area contributed by atoms with Crippen molar-refractivity contribution in [3.8, 4) is 0 Å². The Morgan fingerprint density at radius 1 is 1.19 bits per heavy atom. The molecule has 2 aromatic carbocycles. The standard InChI is InChI=1S/C16H16F2N2O/c1-9(2)20-14-8-10(6-7-13(14)19)16(21)11-4-3-5-12(17)15(11)18/h3-9,20H,19H2,1-2H3. The number of ketones is 1. The van der Waals surface area contributed by atoms with E-state index in [4.69, 9.17) is 5.73 Å². The molecular formula is C16H16F2N2O. The number of hydrogen-bond donors (Lipinski definition) is 2. The normalized spacial score (nSPS) is 10.7. The number of rotatable bonds is 4. The van der Waals surface area contributed by atoms with Crippen molar-refractivity contribution in [3.63, 3.8) is 0 Å². The minimum absolute atomic E-state index is 0.128. The first kappa shape index (κ1) is 15.0. The van der Waals surface area contributed by atoms with Gasteiger partial charge in [-0.05, 0) is 44.2 Å². The van der Waals surface area contributed by atoms with Crippen LogP contribution < -0.4 is 11.1 Å². The SMILES string of the molecule is CC(C)Nc1cc(C(=O)c2cccc(F)c2F)ccc1N. The zero-order chi connectivity index (χ0) is 15.6. The van der Waals surface area contributed by atoms with Gasteiger partial charge in [-0.3, -0.25) is 4.79 Å². The molecule has 0 saturated heterocycles. The fourth-order valence-corrected chi connectivity index (χ4v) is 1.97. The van der Waals surface area contributed by atoms with Crippen LogP contribution in [0.1, 0.15) is 29.8 Å². The van der Waals surface area contributed by atoms with E-state index in [1.807, 2.05) is 13.8 Å². The van der Waals surface area contributed by atoms with Crippen molar-refractivity contribution >= 4 is 17.2 Å². The Morgan fingerprint density at radius 3 is 2.57 bits per heavy atom. The molecule has 5 heteroatoms. The predicted octanol–water partition coefficient (Wildman–Crippen LogP) is 3.60. The number of halogens is 2. The molecule has 0 unspecified atom stereocenters. The Bertz CT molecular complexity index is 684. The average molecular weight is 290 g/mol. The van der Waals surface area contributed by atoms with Crippen molar-refractivity contribution in [2.45, 2.75) is 19.9 Å². The predicted molar refractivity (Wildman–Crippen MR) is 79.4 cm³/mol. The summed E-state index contributed by atoms with van der Waals surface area (Å²) in [5.41, 5.74) is 6.85. The lowest BCUT2D eigenvalue weighted by atomic mass is 10.0. The van der Waals surface area contributed by atoms with E-state index >= 15 is 0 Å². The van der Waals surface area contributed by atoms with Gasteiger partial charge in [0.1, 0.15) is 0 Å². The van der Waals surface area contributed by atoms with Gasteiger partial charge in [-0.15, -0.1) is 0 Å². The third-order valence-corrected chi connectivity index (χ3v) is 2.96.